The highest BCUT2D eigenvalue weighted by Crippen LogP contribution is 2.32. The molecule has 156 valence electrons. The van der Waals surface area contributed by atoms with Gasteiger partial charge >= 0.3 is 0 Å². The summed E-state index contributed by atoms with van der Waals surface area (Å²) in [6.07, 6.45) is 2.92. The molecule has 0 spiro atoms. The first-order valence-electron chi connectivity index (χ1n) is 10.2. The van der Waals surface area contributed by atoms with E-state index < -0.39 is 25.9 Å². The number of piperidine rings is 1. The van der Waals surface area contributed by atoms with Gasteiger partial charge in [-0.05, 0) is 65.8 Å². The number of benzene rings is 1. The Morgan fingerprint density at radius 3 is 2.20 bits per heavy atom. The van der Waals surface area contributed by atoms with Gasteiger partial charge in [0.2, 0.25) is 0 Å². The van der Waals surface area contributed by atoms with Gasteiger partial charge in [0.25, 0.3) is 10.9 Å². The van der Waals surface area contributed by atoms with Gasteiger partial charge in [0.05, 0.1) is 10.1 Å². The van der Waals surface area contributed by atoms with Crippen LogP contribution in [0.5, 0.6) is 0 Å². The average Bonchev–Trinajstić information content (AvgIpc) is 3.43. The van der Waals surface area contributed by atoms with Crippen LogP contribution in [0, 0.1) is 0 Å². The van der Waals surface area contributed by atoms with E-state index in [9.17, 15) is 18.0 Å². The molecular formula is C22H22N2O4S2. The maximum absolute atomic E-state index is 13.1. The van der Waals surface area contributed by atoms with Gasteiger partial charge in [0, 0.05) is 19.1 Å². The zero-order valence-corrected chi connectivity index (χ0v) is 18.0. The van der Waals surface area contributed by atoms with Crippen molar-refractivity contribution in [2.75, 3.05) is 23.3 Å². The molecule has 5 rings (SSSR count). The van der Waals surface area contributed by atoms with Gasteiger partial charge in [-0.25, -0.2) is 8.42 Å². The first-order valence-corrected chi connectivity index (χ1v) is 12.7. The van der Waals surface area contributed by atoms with Gasteiger partial charge in [-0.1, -0.05) is 12.1 Å². The molecule has 30 heavy (non-hydrogen) atoms. The summed E-state index contributed by atoms with van der Waals surface area (Å²) in [5.41, 5.74) is 2.05. The Kier molecular flexibility index (Phi) is 4.78. The second-order valence-electron chi connectivity index (χ2n) is 8.07. The van der Waals surface area contributed by atoms with Gasteiger partial charge in [0.1, 0.15) is 11.4 Å². The van der Waals surface area contributed by atoms with E-state index in [4.69, 9.17) is 0 Å². The van der Waals surface area contributed by atoms with E-state index in [0.717, 1.165) is 24.0 Å². The lowest BCUT2D eigenvalue weighted by atomic mass is 10.1. The Labute approximate surface area is 178 Å². The molecule has 0 atom stereocenters. The van der Waals surface area contributed by atoms with Crippen LogP contribution >= 0.6 is 11.3 Å². The quantitative estimate of drug-likeness (QED) is 0.591. The molecule has 0 unspecified atom stereocenters. The second kappa shape index (κ2) is 7.35. The molecule has 0 radical (unpaired) electrons. The molecule has 8 heteroatoms. The number of nitrogens with one attached hydrogen (secondary N) is 1. The summed E-state index contributed by atoms with van der Waals surface area (Å²) in [5, 5.41) is 6.70. The fourth-order valence-electron chi connectivity index (χ4n) is 4.10. The van der Waals surface area contributed by atoms with Crippen LogP contribution in [-0.2, 0) is 9.84 Å². The number of rotatable bonds is 6. The summed E-state index contributed by atoms with van der Waals surface area (Å²) in [4.78, 5) is 26.2. The topological polar surface area (TPSA) is 83.6 Å². The minimum absolute atomic E-state index is 0.294. The number of nitrogens with zero attached hydrogens (tertiary/aromatic N) is 1. The molecule has 1 aliphatic carbocycles. The second-order valence-corrected chi connectivity index (χ2v) is 11.1. The number of hydrogen-bond donors (Lipinski definition) is 1. The molecule has 3 aromatic rings. The summed E-state index contributed by atoms with van der Waals surface area (Å²) in [7, 11) is -3.44. The van der Waals surface area contributed by atoms with Crippen LogP contribution < -0.4 is 21.1 Å². The number of anilines is 2. The Balaban J connectivity index is 1.29. The fraction of sp³-hybridized carbons (Fsp3) is 0.364. The maximum atomic E-state index is 13.1. The molecule has 6 nitrogen and oxygen atoms in total. The number of sulfone groups is 1. The van der Waals surface area contributed by atoms with Crippen molar-refractivity contribution in [2.24, 2.45) is 0 Å². The minimum Gasteiger partial charge on any atom is -0.377 e. The monoisotopic (exact) mass is 442 g/mol. The summed E-state index contributed by atoms with van der Waals surface area (Å²) in [6.45, 7) is 0.919. The van der Waals surface area contributed by atoms with Crippen molar-refractivity contribution < 1.29 is 8.42 Å². The predicted molar refractivity (Wildman–Crippen MR) is 120 cm³/mol. The average molecular weight is 443 g/mol. The van der Waals surface area contributed by atoms with E-state index in [1.165, 1.54) is 0 Å². The van der Waals surface area contributed by atoms with Crippen LogP contribution in [0.4, 0.5) is 11.4 Å². The summed E-state index contributed by atoms with van der Waals surface area (Å²) < 4.78 is 26.2. The van der Waals surface area contributed by atoms with Gasteiger partial charge in [-0.2, -0.15) is 11.3 Å². The molecule has 1 saturated heterocycles. The molecule has 2 aromatic carbocycles. The highest BCUT2D eigenvalue weighted by Gasteiger charge is 2.36. The van der Waals surface area contributed by atoms with Gasteiger partial charge in [-0.15, -0.1) is 0 Å². The SMILES string of the molecule is O=c1c(NC2CC2)c(N2CCC(S(=O)(=O)c3ccc(-c4ccsc4)cc3)CC2)c1=O. The first-order chi connectivity index (χ1) is 14.4. The van der Waals surface area contributed by atoms with Crippen molar-refractivity contribution in [3.63, 3.8) is 0 Å². The van der Waals surface area contributed by atoms with E-state index in [-0.39, 0.29) is 0 Å². The lowest BCUT2D eigenvalue weighted by Gasteiger charge is -2.34. The largest absolute Gasteiger partial charge is 0.377 e. The Hall–Kier alpha value is -2.45. The zero-order valence-electron chi connectivity index (χ0n) is 16.3. The van der Waals surface area contributed by atoms with E-state index in [1.807, 2.05) is 33.9 Å². The minimum atomic E-state index is -3.44. The smallest absolute Gasteiger partial charge is 0.253 e. The molecular weight excluding hydrogens is 420 g/mol. The van der Waals surface area contributed by atoms with Gasteiger partial charge < -0.3 is 10.2 Å². The molecule has 1 N–H and O–H groups in total. The lowest BCUT2D eigenvalue weighted by Crippen LogP contribution is -2.47. The third-order valence-electron chi connectivity index (χ3n) is 6.05. The first kappa shape index (κ1) is 19.5. The third kappa shape index (κ3) is 3.37. The Morgan fingerprint density at radius 1 is 0.900 bits per heavy atom. The van der Waals surface area contributed by atoms with Crippen LogP contribution in [0.15, 0.2) is 55.6 Å². The van der Waals surface area contributed by atoms with E-state index >= 15 is 0 Å². The highest BCUT2D eigenvalue weighted by molar-refractivity contribution is 7.92. The molecule has 1 saturated carbocycles. The van der Waals surface area contributed by atoms with Crippen LogP contribution in [-0.4, -0.2) is 32.8 Å². The number of thiophene rings is 1. The summed E-state index contributed by atoms with van der Waals surface area (Å²) in [6, 6.07) is 9.37. The Bertz CT molecular complexity index is 1230. The molecule has 1 aromatic heterocycles. The molecule has 2 aliphatic rings. The van der Waals surface area contributed by atoms with Gasteiger partial charge in [-0.3, -0.25) is 9.59 Å². The van der Waals surface area contributed by atoms with Crippen molar-refractivity contribution in [2.45, 2.75) is 41.9 Å². The standard InChI is InChI=1S/C22H22N2O4S2/c25-21-19(23-16-3-4-16)20(22(21)26)24-10-7-18(8-11-24)30(27,28)17-5-1-14(2-6-17)15-9-12-29-13-15/h1-2,5-6,9,12-13,16,18,23H,3-4,7-8,10-11H2. The molecule has 1 aliphatic heterocycles. The van der Waals surface area contributed by atoms with Crippen molar-refractivity contribution in [1.82, 2.24) is 0 Å². The van der Waals surface area contributed by atoms with Crippen LogP contribution in [0.3, 0.4) is 0 Å². The number of hydrogen-bond acceptors (Lipinski definition) is 7. The van der Waals surface area contributed by atoms with Gasteiger partial charge in [0.15, 0.2) is 9.84 Å². The fourth-order valence-corrected chi connectivity index (χ4v) is 6.49. The van der Waals surface area contributed by atoms with E-state index in [1.54, 1.807) is 23.5 Å². The van der Waals surface area contributed by atoms with Crippen LogP contribution in [0.2, 0.25) is 0 Å². The lowest BCUT2D eigenvalue weighted by molar-refractivity contribution is 0.529. The van der Waals surface area contributed by atoms with E-state index in [0.29, 0.717) is 48.2 Å². The van der Waals surface area contributed by atoms with Crippen LogP contribution in [0.25, 0.3) is 11.1 Å². The van der Waals surface area contributed by atoms with Crippen LogP contribution in [0.1, 0.15) is 25.7 Å². The molecule has 2 fully saturated rings. The van der Waals surface area contributed by atoms with E-state index in [2.05, 4.69) is 5.32 Å². The maximum Gasteiger partial charge on any atom is 0.253 e. The highest BCUT2D eigenvalue weighted by atomic mass is 32.2. The summed E-state index contributed by atoms with van der Waals surface area (Å²) in [5.74, 6) is 0. The van der Waals surface area contributed by atoms with Crippen molar-refractivity contribution in [1.29, 1.82) is 0 Å². The van der Waals surface area contributed by atoms with Crippen molar-refractivity contribution >= 4 is 32.5 Å². The molecule has 0 bridgehead atoms. The zero-order chi connectivity index (χ0) is 20.9. The Morgan fingerprint density at radius 2 is 1.60 bits per heavy atom. The third-order valence-corrected chi connectivity index (χ3v) is 9.01. The normalized spacial score (nSPS) is 18.1. The molecule has 0 amide bonds. The van der Waals surface area contributed by atoms with Crippen molar-refractivity contribution in [3.8, 4) is 11.1 Å². The molecule has 2 heterocycles. The summed E-state index contributed by atoms with van der Waals surface area (Å²) >= 11 is 1.61. The predicted octanol–water partition coefficient (Wildman–Crippen LogP) is 3.03. The van der Waals surface area contributed by atoms with Crippen molar-refractivity contribution in [3.05, 3.63) is 61.5 Å².